The quantitative estimate of drug-likeness (QED) is 0.822. The van der Waals surface area contributed by atoms with Crippen LogP contribution in [-0.4, -0.2) is 19.2 Å². The molecule has 1 aromatic rings. The van der Waals surface area contributed by atoms with Gasteiger partial charge in [0.15, 0.2) is 0 Å². The number of likely N-dealkylation sites (N-methyl/N-ethyl adjacent to an activating group) is 1. The second-order valence-corrected chi connectivity index (χ2v) is 5.03. The molecular weight excluding hydrogens is 198 g/mol. The molecule has 1 aromatic carbocycles. The highest BCUT2D eigenvalue weighted by atomic mass is 16.5. The van der Waals surface area contributed by atoms with Crippen molar-refractivity contribution in [3.63, 3.8) is 0 Å². The summed E-state index contributed by atoms with van der Waals surface area (Å²) in [5.74, 6) is 1.72. The van der Waals surface area contributed by atoms with Crippen LogP contribution in [0.25, 0.3) is 0 Å². The van der Waals surface area contributed by atoms with Crippen molar-refractivity contribution in [2.75, 3.05) is 13.6 Å². The Bertz CT molecular complexity index is 386. The molecule has 1 fully saturated rings. The molecule has 1 aliphatic carbocycles. The fourth-order valence-electron chi connectivity index (χ4n) is 3.40. The van der Waals surface area contributed by atoms with Crippen molar-refractivity contribution >= 4 is 0 Å². The summed E-state index contributed by atoms with van der Waals surface area (Å²) in [6, 6.07) is 8.56. The minimum atomic E-state index is 0.0384. The number of benzene rings is 1. The summed E-state index contributed by atoms with van der Waals surface area (Å²) in [5.41, 5.74) is 1.47. The van der Waals surface area contributed by atoms with Crippen LogP contribution in [0, 0.1) is 0 Å². The number of fused-ring (bicyclic) bond motifs is 3. The molecule has 1 aliphatic heterocycles. The normalized spacial score (nSPS) is 31.7. The predicted octanol–water partition coefficient (Wildman–Crippen LogP) is 2.69. The van der Waals surface area contributed by atoms with E-state index in [1.165, 1.54) is 31.2 Å². The van der Waals surface area contributed by atoms with Gasteiger partial charge in [-0.2, -0.15) is 0 Å². The smallest absolute Gasteiger partial charge is 0.128 e. The van der Waals surface area contributed by atoms with Crippen LogP contribution in [0.5, 0.6) is 5.75 Å². The molecule has 2 nitrogen and oxygen atoms in total. The van der Waals surface area contributed by atoms with Crippen LogP contribution in [-0.2, 0) is 0 Å². The van der Waals surface area contributed by atoms with Gasteiger partial charge in [-0.1, -0.05) is 24.6 Å². The zero-order chi connectivity index (χ0) is 11.0. The monoisotopic (exact) mass is 217 g/mol. The van der Waals surface area contributed by atoms with Crippen LogP contribution in [0.15, 0.2) is 24.3 Å². The number of nitrogens with one attached hydrogen (secondary N) is 1. The minimum absolute atomic E-state index is 0.0384. The average molecular weight is 217 g/mol. The molecular formula is C14H19NO. The second kappa shape index (κ2) is 3.77. The lowest BCUT2D eigenvalue weighted by Crippen LogP contribution is -2.48. The van der Waals surface area contributed by atoms with Gasteiger partial charge >= 0.3 is 0 Å². The fraction of sp³-hybridized carbons (Fsp3) is 0.571. The van der Waals surface area contributed by atoms with Gasteiger partial charge in [-0.05, 0) is 32.4 Å². The number of hydrogen-bond acceptors (Lipinski definition) is 2. The SMILES string of the molecule is CNCC12CCCCC1c1ccccc1O2. The number of rotatable bonds is 2. The first-order valence-electron chi connectivity index (χ1n) is 6.28. The highest BCUT2D eigenvalue weighted by Crippen LogP contribution is 2.51. The first-order chi connectivity index (χ1) is 7.86. The summed E-state index contributed by atoms with van der Waals surface area (Å²) in [6.45, 7) is 0.965. The van der Waals surface area contributed by atoms with Gasteiger partial charge in [-0.15, -0.1) is 0 Å². The molecule has 2 heteroatoms. The largest absolute Gasteiger partial charge is 0.485 e. The van der Waals surface area contributed by atoms with E-state index in [9.17, 15) is 0 Å². The summed E-state index contributed by atoms with van der Waals surface area (Å²) in [5, 5.41) is 3.31. The van der Waals surface area contributed by atoms with Crippen LogP contribution >= 0.6 is 0 Å². The van der Waals surface area contributed by atoms with E-state index in [0.29, 0.717) is 5.92 Å². The molecule has 2 atom stereocenters. The minimum Gasteiger partial charge on any atom is -0.485 e. The van der Waals surface area contributed by atoms with Crippen LogP contribution < -0.4 is 10.1 Å². The van der Waals surface area contributed by atoms with E-state index in [-0.39, 0.29) is 5.60 Å². The lowest BCUT2D eigenvalue weighted by atomic mass is 9.73. The fourth-order valence-corrected chi connectivity index (χ4v) is 3.40. The van der Waals surface area contributed by atoms with Crippen molar-refractivity contribution in [2.24, 2.45) is 0 Å². The zero-order valence-corrected chi connectivity index (χ0v) is 9.83. The molecule has 0 aromatic heterocycles. The second-order valence-electron chi connectivity index (χ2n) is 5.03. The van der Waals surface area contributed by atoms with Crippen molar-refractivity contribution < 1.29 is 4.74 Å². The summed E-state index contributed by atoms with van der Waals surface area (Å²) in [6.07, 6.45) is 5.10. The van der Waals surface area contributed by atoms with Gasteiger partial charge in [0, 0.05) is 18.0 Å². The number of ether oxygens (including phenoxy) is 1. The first-order valence-corrected chi connectivity index (χ1v) is 6.28. The van der Waals surface area contributed by atoms with Crippen LogP contribution in [0.4, 0.5) is 0 Å². The maximum Gasteiger partial charge on any atom is 0.128 e. The molecule has 1 saturated carbocycles. The number of hydrogen-bond donors (Lipinski definition) is 1. The Morgan fingerprint density at radius 3 is 3.12 bits per heavy atom. The Kier molecular flexibility index (Phi) is 2.40. The topological polar surface area (TPSA) is 21.3 Å². The van der Waals surface area contributed by atoms with Crippen molar-refractivity contribution in [1.29, 1.82) is 0 Å². The molecule has 2 unspecified atom stereocenters. The Morgan fingerprint density at radius 1 is 1.38 bits per heavy atom. The van der Waals surface area contributed by atoms with Crippen molar-refractivity contribution in [3.05, 3.63) is 29.8 Å². The van der Waals surface area contributed by atoms with Crippen LogP contribution in [0.1, 0.15) is 37.2 Å². The first kappa shape index (κ1) is 10.2. The molecule has 0 bridgehead atoms. The highest BCUT2D eigenvalue weighted by Gasteiger charge is 2.48. The van der Waals surface area contributed by atoms with Gasteiger partial charge in [0.1, 0.15) is 11.4 Å². The molecule has 1 N–H and O–H groups in total. The summed E-state index contributed by atoms with van der Waals surface area (Å²) in [7, 11) is 2.02. The van der Waals surface area contributed by atoms with E-state index < -0.39 is 0 Å². The van der Waals surface area contributed by atoms with E-state index in [1.54, 1.807) is 0 Å². The van der Waals surface area contributed by atoms with E-state index >= 15 is 0 Å². The summed E-state index contributed by atoms with van der Waals surface area (Å²) >= 11 is 0. The van der Waals surface area contributed by atoms with Crippen LogP contribution in [0.3, 0.4) is 0 Å². The molecule has 3 rings (SSSR count). The number of para-hydroxylation sites is 1. The molecule has 16 heavy (non-hydrogen) atoms. The van der Waals surface area contributed by atoms with Gasteiger partial charge in [0.05, 0.1) is 0 Å². The Balaban J connectivity index is 2.00. The maximum absolute atomic E-state index is 6.28. The third kappa shape index (κ3) is 1.36. The standard InChI is InChI=1S/C14H19NO/c1-15-10-14-9-5-4-7-12(14)11-6-2-3-8-13(11)16-14/h2-3,6,8,12,15H,4-5,7,9-10H2,1H3. The van der Waals surface area contributed by atoms with Gasteiger partial charge in [-0.25, -0.2) is 0 Å². The average Bonchev–Trinajstić information content (AvgIpc) is 2.63. The van der Waals surface area contributed by atoms with Gasteiger partial charge in [0.25, 0.3) is 0 Å². The highest BCUT2D eigenvalue weighted by molar-refractivity contribution is 5.43. The van der Waals surface area contributed by atoms with E-state index in [4.69, 9.17) is 4.74 Å². The predicted molar refractivity (Wildman–Crippen MR) is 64.9 cm³/mol. The zero-order valence-electron chi connectivity index (χ0n) is 9.83. The third-order valence-electron chi connectivity index (χ3n) is 4.06. The van der Waals surface area contributed by atoms with Gasteiger partial charge in [-0.3, -0.25) is 0 Å². The molecule has 0 spiro atoms. The maximum atomic E-state index is 6.28. The molecule has 0 amide bonds. The van der Waals surface area contributed by atoms with Gasteiger partial charge < -0.3 is 10.1 Å². The Labute approximate surface area is 97.0 Å². The third-order valence-corrected chi connectivity index (χ3v) is 4.06. The Hall–Kier alpha value is -1.02. The van der Waals surface area contributed by atoms with E-state index in [2.05, 4.69) is 29.6 Å². The van der Waals surface area contributed by atoms with Crippen molar-refractivity contribution in [3.8, 4) is 5.75 Å². The van der Waals surface area contributed by atoms with Crippen molar-refractivity contribution in [1.82, 2.24) is 5.32 Å². The molecule has 2 aliphatic rings. The van der Waals surface area contributed by atoms with E-state index in [1.807, 2.05) is 7.05 Å². The van der Waals surface area contributed by atoms with Gasteiger partial charge in [0.2, 0.25) is 0 Å². The lowest BCUT2D eigenvalue weighted by Gasteiger charge is -2.38. The molecule has 0 radical (unpaired) electrons. The summed E-state index contributed by atoms with van der Waals surface area (Å²) < 4.78 is 6.28. The molecule has 0 saturated heterocycles. The molecule has 86 valence electrons. The lowest BCUT2D eigenvalue weighted by molar-refractivity contribution is 0.0378. The summed E-state index contributed by atoms with van der Waals surface area (Å²) in [4.78, 5) is 0. The van der Waals surface area contributed by atoms with Crippen LogP contribution in [0.2, 0.25) is 0 Å². The van der Waals surface area contributed by atoms with Crippen molar-refractivity contribution in [2.45, 2.75) is 37.2 Å². The molecule has 1 heterocycles. The van der Waals surface area contributed by atoms with E-state index in [0.717, 1.165) is 12.3 Å². The Morgan fingerprint density at radius 2 is 2.25 bits per heavy atom.